The monoisotopic (exact) mass is 570 g/mol. The van der Waals surface area contributed by atoms with Crippen LogP contribution in [-0.2, 0) is 16.1 Å². The van der Waals surface area contributed by atoms with Crippen LogP contribution in [0.1, 0.15) is 57.7 Å². The first-order valence-electron chi connectivity index (χ1n) is 12.8. The zero-order valence-corrected chi connectivity index (χ0v) is 23.8. The first-order valence-corrected chi connectivity index (χ1v) is 13.5. The molecule has 0 aliphatic carbocycles. The minimum atomic E-state index is -0.578. The normalized spacial score (nSPS) is 13.8. The van der Waals surface area contributed by atoms with Crippen LogP contribution in [-0.4, -0.2) is 84.2 Å². The van der Waals surface area contributed by atoms with Gasteiger partial charge in [0.2, 0.25) is 5.91 Å². The molecule has 1 unspecified atom stereocenters. The zero-order chi connectivity index (χ0) is 29.5. The molecule has 2 N–H and O–H groups in total. The van der Waals surface area contributed by atoms with Crippen molar-refractivity contribution < 1.29 is 23.1 Å². The van der Waals surface area contributed by atoms with Gasteiger partial charge in [-0.05, 0) is 45.0 Å². The highest BCUT2D eigenvalue weighted by atomic mass is 32.2. The van der Waals surface area contributed by atoms with Gasteiger partial charge in [-0.3, -0.25) is 23.6 Å². The van der Waals surface area contributed by atoms with Crippen molar-refractivity contribution in [1.29, 1.82) is 0 Å². The van der Waals surface area contributed by atoms with Crippen molar-refractivity contribution in [2.24, 2.45) is 11.7 Å². The number of piperidine rings is 1. The zero-order valence-electron chi connectivity index (χ0n) is 23.0. The lowest BCUT2D eigenvalue weighted by Gasteiger charge is -2.30. The third-order valence-electron chi connectivity index (χ3n) is 6.59. The average molecular weight is 571 g/mol. The van der Waals surface area contributed by atoms with Gasteiger partial charge in [0, 0.05) is 50.1 Å². The van der Waals surface area contributed by atoms with Crippen LogP contribution in [0.15, 0.2) is 30.6 Å². The number of halogens is 1. The SMILES string of the molecule is CN.CN(SF)C(=O)CCC(C=O)N(C)Cc1c(C#CC2CCN(c3cnc(C=O)cn3)CC2)cccc1C=O. The van der Waals surface area contributed by atoms with E-state index in [-0.39, 0.29) is 37.6 Å². The van der Waals surface area contributed by atoms with Gasteiger partial charge in [-0.15, -0.1) is 3.89 Å². The van der Waals surface area contributed by atoms with Crippen LogP contribution in [0.25, 0.3) is 0 Å². The predicted octanol–water partition coefficient (Wildman–Crippen LogP) is 2.72. The van der Waals surface area contributed by atoms with E-state index >= 15 is 0 Å². The summed E-state index contributed by atoms with van der Waals surface area (Å²) in [5, 5.41) is 0. The number of amides is 1. The lowest BCUT2D eigenvalue weighted by molar-refractivity contribution is -0.125. The molecule has 0 radical (unpaired) electrons. The number of carbonyl (C=O) groups is 4. The molecule has 1 fully saturated rings. The van der Waals surface area contributed by atoms with Crippen molar-refractivity contribution in [2.45, 2.75) is 38.3 Å². The number of anilines is 1. The van der Waals surface area contributed by atoms with Crippen molar-refractivity contribution in [3.8, 4) is 11.8 Å². The maximum atomic E-state index is 12.6. The highest BCUT2D eigenvalue weighted by molar-refractivity contribution is 7.92. The molecule has 1 saturated heterocycles. The highest BCUT2D eigenvalue weighted by Gasteiger charge is 2.21. The van der Waals surface area contributed by atoms with Crippen LogP contribution in [0.2, 0.25) is 0 Å². The second-order valence-corrected chi connectivity index (χ2v) is 9.74. The number of nitrogens with two attached hydrogens (primary N) is 1. The van der Waals surface area contributed by atoms with Gasteiger partial charge in [0.15, 0.2) is 18.6 Å². The summed E-state index contributed by atoms with van der Waals surface area (Å²) in [4.78, 5) is 58.5. The van der Waals surface area contributed by atoms with Crippen LogP contribution >= 0.6 is 12.3 Å². The van der Waals surface area contributed by atoms with E-state index in [1.165, 1.54) is 20.3 Å². The summed E-state index contributed by atoms with van der Waals surface area (Å²) in [6.45, 7) is 1.81. The van der Waals surface area contributed by atoms with Crippen molar-refractivity contribution in [3.05, 3.63) is 53.0 Å². The molecular weight excluding hydrogens is 535 g/mol. The van der Waals surface area contributed by atoms with E-state index in [9.17, 15) is 23.1 Å². The number of carbonyl (C=O) groups excluding carboxylic acids is 4. The molecule has 1 atom stereocenters. The van der Waals surface area contributed by atoms with Crippen LogP contribution in [0.3, 0.4) is 0 Å². The second-order valence-electron chi connectivity index (χ2n) is 9.06. The molecule has 1 aromatic carbocycles. The number of rotatable bonds is 11. The van der Waals surface area contributed by atoms with Crippen LogP contribution in [0.5, 0.6) is 0 Å². The number of likely N-dealkylation sites (N-methyl/N-ethyl adjacent to an activating group) is 1. The molecule has 3 rings (SSSR count). The maximum Gasteiger partial charge on any atom is 0.234 e. The molecular formula is C28H35FN6O4S. The largest absolute Gasteiger partial charge is 0.355 e. The van der Waals surface area contributed by atoms with Crippen molar-refractivity contribution in [3.63, 3.8) is 0 Å². The van der Waals surface area contributed by atoms with Crippen molar-refractivity contribution >= 4 is 42.9 Å². The smallest absolute Gasteiger partial charge is 0.234 e. The number of aromatic nitrogens is 2. The Balaban J connectivity index is 0.00000274. The Morgan fingerprint density at radius 1 is 1.18 bits per heavy atom. The Morgan fingerprint density at radius 2 is 1.90 bits per heavy atom. The lowest BCUT2D eigenvalue weighted by atomic mass is 9.95. The number of benzene rings is 1. The van der Waals surface area contributed by atoms with E-state index in [0.29, 0.717) is 23.1 Å². The number of hydrogen-bond donors (Lipinski definition) is 1. The Hall–Kier alpha value is -3.66. The molecule has 1 amide bonds. The Bertz CT molecular complexity index is 1200. The highest BCUT2D eigenvalue weighted by Crippen LogP contribution is 2.22. The molecule has 1 aliphatic rings. The molecule has 12 heteroatoms. The van der Waals surface area contributed by atoms with Gasteiger partial charge in [-0.2, -0.15) is 0 Å². The quantitative estimate of drug-likeness (QED) is 0.245. The molecule has 1 aliphatic heterocycles. The fourth-order valence-electron chi connectivity index (χ4n) is 4.22. The molecule has 0 spiro atoms. The minimum Gasteiger partial charge on any atom is -0.355 e. The Morgan fingerprint density at radius 3 is 2.48 bits per heavy atom. The number of aldehydes is 3. The van der Waals surface area contributed by atoms with Gasteiger partial charge >= 0.3 is 0 Å². The third kappa shape index (κ3) is 9.22. The first-order chi connectivity index (χ1) is 19.4. The first kappa shape index (κ1) is 32.6. The summed E-state index contributed by atoms with van der Waals surface area (Å²) < 4.78 is 13.5. The summed E-state index contributed by atoms with van der Waals surface area (Å²) in [5.41, 5.74) is 6.72. The van der Waals surface area contributed by atoms with E-state index in [1.807, 2.05) is 6.07 Å². The molecule has 0 bridgehead atoms. The van der Waals surface area contributed by atoms with Gasteiger partial charge in [-0.25, -0.2) is 9.97 Å². The topological polar surface area (TPSA) is 130 Å². The molecule has 40 heavy (non-hydrogen) atoms. The van der Waals surface area contributed by atoms with Crippen LogP contribution in [0.4, 0.5) is 9.70 Å². The van der Waals surface area contributed by atoms with Crippen molar-refractivity contribution in [2.75, 3.05) is 39.1 Å². The van der Waals surface area contributed by atoms with Gasteiger partial charge in [0.25, 0.3) is 0 Å². The summed E-state index contributed by atoms with van der Waals surface area (Å²) >= 11 is -0.165. The fourth-order valence-corrected chi connectivity index (χ4v) is 4.39. The number of nitrogens with zero attached hydrogens (tertiary/aromatic N) is 5. The summed E-state index contributed by atoms with van der Waals surface area (Å²) in [6.07, 6.45) is 7.18. The average Bonchev–Trinajstić information content (AvgIpc) is 3.01. The van der Waals surface area contributed by atoms with Gasteiger partial charge in [0.1, 0.15) is 24.1 Å². The summed E-state index contributed by atoms with van der Waals surface area (Å²) in [5.74, 6) is 7.08. The maximum absolute atomic E-state index is 12.6. The van der Waals surface area contributed by atoms with E-state index in [2.05, 4.69) is 32.4 Å². The lowest BCUT2D eigenvalue weighted by Crippen LogP contribution is -2.34. The molecule has 1 aromatic heterocycles. The molecule has 214 valence electrons. The third-order valence-corrected chi connectivity index (χ3v) is 7.00. The Kier molecular flexibility index (Phi) is 13.9. The fraction of sp³-hybridized carbons (Fsp3) is 0.429. The standard InChI is InChI=1S/C27H30FN5O4S.CH5N/c1-31(24(19-36)8-9-27(37)32(2)38-28)16-25-21(4-3-5-22(25)17-34)7-6-20-10-12-33(13-11-20)26-15-29-23(18-35)14-30-26;1-2/h3-5,14-15,17-20,24H,8-13,16H2,1-2H3;2H2,1H3. The van der Waals surface area contributed by atoms with Crippen molar-refractivity contribution in [1.82, 2.24) is 19.2 Å². The molecule has 0 saturated carbocycles. The number of hydrogen-bond acceptors (Lipinski definition) is 10. The van der Waals surface area contributed by atoms with Gasteiger partial charge in [-0.1, -0.05) is 24.0 Å². The second kappa shape index (κ2) is 17.1. The van der Waals surface area contributed by atoms with E-state index in [0.717, 1.165) is 54.2 Å². The van der Waals surface area contributed by atoms with E-state index in [1.54, 1.807) is 30.3 Å². The van der Waals surface area contributed by atoms with E-state index < -0.39 is 11.9 Å². The molecule has 2 heterocycles. The van der Waals surface area contributed by atoms with Crippen LogP contribution < -0.4 is 10.6 Å². The minimum absolute atomic E-state index is 0.0225. The molecule has 2 aromatic rings. The van der Waals surface area contributed by atoms with E-state index in [4.69, 9.17) is 0 Å². The predicted molar refractivity (Wildman–Crippen MR) is 153 cm³/mol. The van der Waals surface area contributed by atoms with Gasteiger partial charge < -0.3 is 15.4 Å². The molecule has 10 nitrogen and oxygen atoms in total. The summed E-state index contributed by atoms with van der Waals surface area (Å²) in [6, 6.07) is 4.77. The van der Waals surface area contributed by atoms with Crippen LogP contribution in [0, 0.1) is 17.8 Å². The van der Waals surface area contributed by atoms with Gasteiger partial charge in [0.05, 0.1) is 18.4 Å². The summed E-state index contributed by atoms with van der Waals surface area (Å²) in [7, 11) is 4.58. The Labute approximate surface area is 238 Å².